The molecule has 4 aromatic rings. The first-order chi connectivity index (χ1) is 18.3. The summed E-state index contributed by atoms with van der Waals surface area (Å²) in [6, 6.07) is 14.0. The van der Waals surface area contributed by atoms with Gasteiger partial charge in [-0.3, -0.25) is 4.79 Å². The van der Waals surface area contributed by atoms with E-state index in [1.165, 1.54) is 0 Å². The van der Waals surface area contributed by atoms with Crippen LogP contribution in [0.3, 0.4) is 0 Å². The van der Waals surface area contributed by atoms with Crippen LogP contribution in [0.4, 0.5) is 23.0 Å². The van der Waals surface area contributed by atoms with Crippen molar-refractivity contribution < 1.29 is 9.53 Å². The minimum atomic E-state index is 0.0533. The van der Waals surface area contributed by atoms with Crippen molar-refractivity contribution in [3.63, 3.8) is 0 Å². The van der Waals surface area contributed by atoms with E-state index in [-0.39, 0.29) is 11.8 Å². The Morgan fingerprint density at radius 2 is 1.89 bits per heavy atom. The van der Waals surface area contributed by atoms with Gasteiger partial charge in [0.05, 0.1) is 29.9 Å². The molecule has 38 heavy (non-hydrogen) atoms. The van der Waals surface area contributed by atoms with Gasteiger partial charge in [-0.1, -0.05) is 18.2 Å². The van der Waals surface area contributed by atoms with Crippen LogP contribution in [0.2, 0.25) is 0 Å². The van der Waals surface area contributed by atoms with Crippen molar-refractivity contribution in [1.82, 2.24) is 19.4 Å². The third-order valence-corrected chi connectivity index (χ3v) is 6.89. The van der Waals surface area contributed by atoms with Crippen molar-refractivity contribution in [1.29, 1.82) is 0 Å². The fourth-order valence-electron chi connectivity index (χ4n) is 4.54. The van der Waals surface area contributed by atoms with Crippen LogP contribution in [0.15, 0.2) is 54.9 Å². The number of para-hydroxylation sites is 1. The van der Waals surface area contributed by atoms with Crippen LogP contribution in [-0.2, 0) is 11.8 Å². The molecule has 0 atom stereocenters. The average Bonchev–Trinajstić information content (AvgIpc) is 3.71. The summed E-state index contributed by atoms with van der Waals surface area (Å²) >= 11 is 0. The van der Waals surface area contributed by atoms with Crippen LogP contribution in [0, 0.1) is 5.92 Å². The van der Waals surface area contributed by atoms with Gasteiger partial charge in [0, 0.05) is 68.0 Å². The number of anilines is 4. The zero-order chi connectivity index (χ0) is 26.8. The van der Waals surface area contributed by atoms with Gasteiger partial charge in [-0.05, 0) is 45.1 Å². The Balaban J connectivity index is 1.49. The van der Waals surface area contributed by atoms with Crippen LogP contribution < -0.4 is 20.3 Å². The molecule has 0 aliphatic heterocycles. The molecule has 198 valence electrons. The molecule has 2 aromatic carbocycles. The Morgan fingerprint density at radius 3 is 2.63 bits per heavy atom. The molecule has 0 bridgehead atoms. The number of likely N-dealkylation sites (N-methyl/N-ethyl adjacent to an activating group) is 2. The Bertz CT molecular complexity index is 1460. The summed E-state index contributed by atoms with van der Waals surface area (Å²) < 4.78 is 7.86. The first-order valence-electron chi connectivity index (χ1n) is 12.9. The van der Waals surface area contributed by atoms with Gasteiger partial charge in [0.1, 0.15) is 5.75 Å². The number of fused-ring (bicyclic) bond motifs is 1. The number of aromatic nitrogens is 3. The zero-order valence-electron chi connectivity index (χ0n) is 22.7. The lowest BCUT2D eigenvalue weighted by atomic mass is 10.1. The molecule has 0 unspecified atom stereocenters. The van der Waals surface area contributed by atoms with E-state index in [4.69, 9.17) is 9.72 Å². The molecule has 0 spiro atoms. The Morgan fingerprint density at radius 1 is 1.11 bits per heavy atom. The summed E-state index contributed by atoms with van der Waals surface area (Å²) in [6.07, 6.45) is 5.71. The third-order valence-electron chi connectivity index (χ3n) is 6.89. The molecule has 2 aromatic heterocycles. The zero-order valence-corrected chi connectivity index (χ0v) is 22.7. The van der Waals surface area contributed by atoms with Crippen LogP contribution in [0.1, 0.15) is 12.8 Å². The minimum absolute atomic E-state index is 0.0533. The van der Waals surface area contributed by atoms with Crippen molar-refractivity contribution in [3.05, 3.63) is 54.9 Å². The number of methoxy groups -OCH3 is 1. The van der Waals surface area contributed by atoms with Crippen molar-refractivity contribution >= 4 is 39.8 Å². The Hall–Kier alpha value is -4.11. The molecule has 2 N–H and O–H groups in total. The van der Waals surface area contributed by atoms with E-state index < -0.39 is 0 Å². The number of nitrogens with zero attached hydrogens (tertiary/aromatic N) is 5. The van der Waals surface area contributed by atoms with Gasteiger partial charge in [0.2, 0.25) is 11.9 Å². The summed E-state index contributed by atoms with van der Waals surface area (Å²) in [4.78, 5) is 26.3. The highest BCUT2D eigenvalue weighted by Crippen LogP contribution is 2.39. The number of ether oxygens (including phenoxy) is 1. The van der Waals surface area contributed by atoms with Crippen LogP contribution in [-0.4, -0.2) is 66.7 Å². The smallest absolute Gasteiger partial charge is 0.227 e. The molecular weight excluding hydrogens is 478 g/mol. The van der Waals surface area contributed by atoms with E-state index >= 15 is 0 Å². The first-order valence-corrected chi connectivity index (χ1v) is 12.9. The quantitative estimate of drug-likeness (QED) is 0.317. The first kappa shape index (κ1) is 25.5. The van der Waals surface area contributed by atoms with E-state index in [0.717, 1.165) is 59.5 Å². The van der Waals surface area contributed by atoms with E-state index in [9.17, 15) is 4.79 Å². The highest BCUT2D eigenvalue weighted by Gasteiger charge is 2.30. The largest absolute Gasteiger partial charge is 0.494 e. The number of nitrogens with one attached hydrogen (secondary N) is 2. The topological polar surface area (TPSA) is 87.5 Å². The van der Waals surface area contributed by atoms with E-state index in [2.05, 4.69) is 48.3 Å². The van der Waals surface area contributed by atoms with E-state index in [1.54, 1.807) is 13.3 Å². The van der Waals surface area contributed by atoms with Gasteiger partial charge in [0.25, 0.3) is 0 Å². The third kappa shape index (κ3) is 5.43. The monoisotopic (exact) mass is 513 g/mol. The van der Waals surface area contributed by atoms with E-state index in [1.807, 2.05) is 58.5 Å². The maximum absolute atomic E-state index is 12.7. The number of benzene rings is 2. The molecule has 5 rings (SSSR count). The molecule has 0 saturated heterocycles. The fourth-order valence-corrected chi connectivity index (χ4v) is 4.54. The summed E-state index contributed by atoms with van der Waals surface area (Å²) in [5, 5.41) is 7.61. The van der Waals surface area contributed by atoms with Crippen LogP contribution >= 0.6 is 0 Å². The molecular formula is C29H35N7O2. The summed E-state index contributed by atoms with van der Waals surface area (Å²) in [5.74, 6) is 1.23. The molecule has 1 amide bonds. The lowest BCUT2D eigenvalue weighted by Gasteiger charge is -2.26. The Kier molecular flexibility index (Phi) is 7.20. The number of aryl methyl sites for hydroxylation is 1. The molecule has 1 saturated carbocycles. The molecule has 9 nitrogen and oxygen atoms in total. The predicted molar refractivity (Wildman–Crippen MR) is 153 cm³/mol. The predicted octanol–water partition coefficient (Wildman–Crippen LogP) is 4.73. The number of carbonyl (C=O) groups excluding carboxylic acids is 1. The van der Waals surface area contributed by atoms with Crippen molar-refractivity contribution in [2.24, 2.45) is 13.0 Å². The van der Waals surface area contributed by atoms with Crippen molar-refractivity contribution in [2.45, 2.75) is 12.8 Å². The second-order valence-corrected chi connectivity index (χ2v) is 10.1. The lowest BCUT2D eigenvalue weighted by Crippen LogP contribution is -2.29. The second-order valence-electron chi connectivity index (χ2n) is 10.1. The van der Waals surface area contributed by atoms with Crippen molar-refractivity contribution in [2.75, 3.05) is 56.9 Å². The minimum Gasteiger partial charge on any atom is -0.494 e. The number of hydrogen-bond donors (Lipinski definition) is 2. The molecule has 1 fully saturated rings. The van der Waals surface area contributed by atoms with E-state index in [0.29, 0.717) is 17.4 Å². The molecule has 9 heteroatoms. The van der Waals surface area contributed by atoms with Gasteiger partial charge < -0.3 is 29.7 Å². The number of hydrogen-bond acceptors (Lipinski definition) is 7. The van der Waals surface area contributed by atoms with Crippen molar-refractivity contribution in [3.8, 4) is 17.0 Å². The molecule has 2 heterocycles. The van der Waals surface area contributed by atoms with Gasteiger partial charge in [0.15, 0.2) is 0 Å². The number of amides is 1. The maximum Gasteiger partial charge on any atom is 0.227 e. The van der Waals surface area contributed by atoms with Gasteiger partial charge in [-0.2, -0.15) is 0 Å². The summed E-state index contributed by atoms with van der Waals surface area (Å²) in [7, 11) is 9.79. The molecule has 0 radical (unpaired) electrons. The standard InChI is InChI=1S/C29H35N7O2/c1-34(2)14-15-35(3)26-17-27(38-5)24(16-23(26)31-28(37)19-10-11-19)33-29-30-13-12-22(32-29)21-18-36(4)25-9-7-6-8-20(21)25/h6-9,12-13,16-19H,10-11,14-15H2,1-5H3,(H,31,37)(H,30,32,33). The Labute approximate surface area is 223 Å². The molecule has 1 aliphatic carbocycles. The number of rotatable bonds is 10. The highest BCUT2D eigenvalue weighted by molar-refractivity contribution is 5.99. The van der Waals surface area contributed by atoms with Gasteiger partial charge >= 0.3 is 0 Å². The van der Waals surface area contributed by atoms with Gasteiger partial charge in [-0.15, -0.1) is 0 Å². The maximum atomic E-state index is 12.7. The van der Waals surface area contributed by atoms with Crippen LogP contribution in [0.25, 0.3) is 22.2 Å². The summed E-state index contributed by atoms with van der Waals surface area (Å²) in [6.45, 7) is 1.68. The second kappa shape index (κ2) is 10.7. The highest BCUT2D eigenvalue weighted by atomic mass is 16.5. The van der Waals surface area contributed by atoms with Crippen LogP contribution in [0.5, 0.6) is 5.75 Å². The SMILES string of the molecule is COc1cc(N(C)CCN(C)C)c(NC(=O)C2CC2)cc1Nc1nccc(-c2cn(C)c3ccccc23)n1. The fraction of sp³-hybridized carbons (Fsp3) is 0.345. The number of carbonyl (C=O) groups is 1. The van der Waals surface area contributed by atoms with Gasteiger partial charge in [-0.25, -0.2) is 9.97 Å². The lowest BCUT2D eigenvalue weighted by molar-refractivity contribution is -0.117. The summed E-state index contributed by atoms with van der Waals surface area (Å²) in [5.41, 5.74) is 5.31. The molecule has 1 aliphatic rings. The average molecular weight is 514 g/mol. The normalized spacial score (nSPS) is 13.1.